The van der Waals surface area contributed by atoms with Crippen molar-refractivity contribution in [3.63, 3.8) is 0 Å². The Hall–Kier alpha value is -1.60. The van der Waals surface area contributed by atoms with E-state index in [0.29, 0.717) is 11.8 Å². The lowest BCUT2D eigenvalue weighted by Crippen LogP contribution is -2.26. The van der Waals surface area contributed by atoms with Crippen molar-refractivity contribution in [3.05, 3.63) is 59.7 Å². The predicted octanol–water partition coefficient (Wildman–Crippen LogP) is 4.55. The van der Waals surface area contributed by atoms with Crippen molar-refractivity contribution < 1.29 is 0 Å². The molecule has 2 unspecified atom stereocenters. The molecule has 2 aromatic rings. The molecule has 1 aliphatic rings. The summed E-state index contributed by atoms with van der Waals surface area (Å²) in [6.45, 7) is 6.89. The SMILES string of the molecule is CC1CCNCC(C)c2cc(-c3ccccc3)ccc21. The van der Waals surface area contributed by atoms with Gasteiger partial charge in [0.25, 0.3) is 0 Å². The highest BCUT2D eigenvalue weighted by Crippen LogP contribution is 2.33. The van der Waals surface area contributed by atoms with Crippen LogP contribution in [0.1, 0.15) is 43.2 Å². The molecule has 1 heteroatoms. The minimum atomic E-state index is 0.580. The molecule has 0 fully saturated rings. The summed E-state index contributed by atoms with van der Waals surface area (Å²) < 4.78 is 0. The fourth-order valence-electron chi connectivity index (χ4n) is 3.16. The van der Waals surface area contributed by atoms with Gasteiger partial charge in [0.15, 0.2) is 0 Å². The molecule has 0 saturated heterocycles. The van der Waals surface area contributed by atoms with E-state index in [1.165, 1.54) is 23.1 Å². The molecule has 0 spiro atoms. The summed E-state index contributed by atoms with van der Waals surface area (Å²) in [7, 11) is 0. The molecule has 0 amide bonds. The molecule has 2 atom stereocenters. The maximum Gasteiger partial charge on any atom is 0.00176 e. The molecule has 0 aromatic heterocycles. The van der Waals surface area contributed by atoms with Crippen molar-refractivity contribution in [1.82, 2.24) is 5.32 Å². The molecule has 20 heavy (non-hydrogen) atoms. The van der Waals surface area contributed by atoms with Gasteiger partial charge in [0.05, 0.1) is 0 Å². The van der Waals surface area contributed by atoms with Gasteiger partial charge in [-0.25, -0.2) is 0 Å². The van der Waals surface area contributed by atoms with Crippen LogP contribution in [0.3, 0.4) is 0 Å². The third-order valence-electron chi connectivity index (χ3n) is 4.46. The zero-order valence-corrected chi connectivity index (χ0v) is 12.4. The van der Waals surface area contributed by atoms with Crippen molar-refractivity contribution in [2.24, 2.45) is 0 Å². The van der Waals surface area contributed by atoms with E-state index in [1.54, 1.807) is 5.56 Å². The minimum absolute atomic E-state index is 0.580. The molecule has 1 aliphatic heterocycles. The van der Waals surface area contributed by atoms with Crippen LogP contribution < -0.4 is 5.32 Å². The van der Waals surface area contributed by atoms with E-state index in [-0.39, 0.29) is 0 Å². The predicted molar refractivity (Wildman–Crippen MR) is 86.2 cm³/mol. The Balaban J connectivity index is 2.05. The third kappa shape index (κ3) is 2.64. The van der Waals surface area contributed by atoms with E-state index in [9.17, 15) is 0 Å². The van der Waals surface area contributed by atoms with Gasteiger partial charge in [-0.15, -0.1) is 0 Å². The van der Waals surface area contributed by atoms with Gasteiger partial charge in [0.1, 0.15) is 0 Å². The van der Waals surface area contributed by atoms with E-state index in [2.05, 4.69) is 67.7 Å². The van der Waals surface area contributed by atoms with E-state index < -0.39 is 0 Å². The van der Waals surface area contributed by atoms with E-state index in [4.69, 9.17) is 0 Å². The van der Waals surface area contributed by atoms with Crippen LogP contribution in [-0.4, -0.2) is 13.1 Å². The lowest BCUT2D eigenvalue weighted by Gasteiger charge is -2.25. The number of nitrogens with one attached hydrogen (secondary N) is 1. The number of rotatable bonds is 1. The second-order valence-electron chi connectivity index (χ2n) is 6.00. The summed E-state index contributed by atoms with van der Waals surface area (Å²) in [6.07, 6.45) is 1.23. The van der Waals surface area contributed by atoms with Gasteiger partial charge < -0.3 is 5.32 Å². The van der Waals surface area contributed by atoms with E-state index >= 15 is 0 Å². The summed E-state index contributed by atoms with van der Waals surface area (Å²) >= 11 is 0. The summed E-state index contributed by atoms with van der Waals surface area (Å²) in [5.41, 5.74) is 5.71. The first kappa shape index (κ1) is 13.4. The normalized spacial score (nSPS) is 22.7. The molecule has 1 nitrogen and oxygen atoms in total. The van der Waals surface area contributed by atoms with Crippen molar-refractivity contribution in [1.29, 1.82) is 0 Å². The Bertz CT molecular complexity index is 574. The highest BCUT2D eigenvalue weighted by molar-refractivity contribution is 5.65. The summed E-state index contributed by atoms with van der Waals surface area (Å²) in [4.78, 5) is 0. The van der Waals surface area contributed by atoms with Crippen molar-refractivity contribution in [3.8, 4) is 11.1 Å². The van der Waals surface area contributed by atoms with Crippen LogP contribution in [0.2, 0.25) is 0 Å². The molecule has 0 bridgehead atoms. The van der Waals surface area contributed by atoms with E-state index in [0.717, 1.165) is 13.1 Å². The van der Waals surface area contributed by atoms with Crippen LogP contribution in [0.4, 0.5) is 0 Å². The molecule has 2 aromatic carbocycles. The molecule has 0 saturated carbocycles. The molecule has 104 valence electrons. The fourth-order valence-corrected chi connectivity index (χ4v) is 3.16. The van der Waals surface area contributed by atoms with Gasteiger partial charge >= 0.3 is 0 Å². The molecule has 0 aliphatic carbocycles. The highest BCUT2D eigenvalue weighted by atomic mass is 14.9. The van der Waals surface area contributed by atoms with Gasteiger partial charge in [0, 0.05) is 6.54 Å². The first-order chi connectivity index (χ1) is 9.75. The number of hydrogen-bond donors (Lipinski definition) is 1. The van der Waals surface area contributed by atoms with Gasteiger partial charge in [0.2, 0.25) is 0 Å². The largest absolute Gasteiger partial charge is 0.316 e. The second kappa shape index (κ2) is 5.80. The minimum Gasteiger partial charge on any atom is -0.316 e. The lowest BCUT2D eigenvalue weighted by molar-refractivity contribution is 0.534. The van der Waals surface area contributed by atoms with Crippen LogP contribution in [0.25, 0.3) is 11.1 Å². The topological polar surface area (TPSA) is 12.0 Å². The number of fused-ring (bicyclic) bond motifs is 1. The molecule has 1 N–H and O–H groups in total. The third-order valence-corrected chi connectivity index (χ3v) is 4.46. The Morgan fingerprint density at radius 3 is 2.45 bits per heavy atom. The zero-order valence-electron chi connectivity index (χ0n) is 12.4. The standard InChI is InChI=1S/C19H23N/c1-14-10-11-20-13-15(2)19-12-17(8-9-18(14)19)16-6-4-3-5-7-16/h3-9,12,14-15,20H,10-11,13H2,1-2H3. The summed E-state index contributed by atoms with van der Waals surface area (Å²) in [6, 6.07) is 17.7. The quantitative estimate of drug-likeness (QED) is 0.797. The Kier molecular flexibility index (Phi) is 3.88. The van der Waals surface area contributed by atoms with Crippen LogP contribution in [-0.2, 0) is 0 Å². The lowest BCUT2D eigenvalue weighted by atomic mass is 9.84. The summed E-state index contributed by atoms with van der Waals surface area (Å²) in [5.74, 6) is 1.22. The van der Waals surface area contributed by atoms with Gasteiger partial charge in [-0.3, -0.25) is 0 Å². The van der Waals surface area contributed by atoms with Crippen molar-refractivity contribution in [2.75, 3.05) is 13.1 Å². The van der Waals surface area contributed by atoms with Gasteiger partial charge in [-0.2, -0.15) is 0 Å². The Morgan fingerprint density at radius 2 is 1.65 bits per heavy atom. The fraction of sp³-hybridized carbons (Fsp3) is 0.368. The highest BCUT2D eigenvalue weighted by Gasteiger charge is 2.18. The van der Waals surface area contributed by atoms with Crippen LogP contribution in [0.15, 0.2) is 48.5 Å². The van der Waals surface area contributed by atoms with Gasteiger partial charge in [-0.05, 0) is 47.1 Å². The first-order valence-electron chi connectivity index (χ1n) is 7.65. The number of hydrogen-bond acceptors (Lipinski definition) is 1. The second-order valence-corrected chi connectivity index (χ2v) is 6.00. The maximum atomic E-state index is 3.57. The average Bonchev–Trinajstić information content (AvgIpc) is 2.50. The molecule has 3 rings (SSSR count). The smallest absolute Gasteiger partial charge is 0.00176 e. The van der Waals surface area contributed by atoms with Crippen molar-refractivity contribution >= 4 is 0 Å². The van der Waals surface area contributed by atoms with Crippen LogP contribution in [0.5, 0.6) is 0 Å². The van der Waals surface area contributed by atoms with Crippen LogP contribution >= 0.6 is 0 Å². The number of benzene rings is 2. The Morgan fingerprint density at radius 1 is 0.850 bits per heavy atom. The van der Waals surface area contributed by atoms with Crippen molar-refractivity contribution in [2.45, 2.75) is 32.1 Å². The molecular weight excluding hydrogens is 242 g/mol. The van der Waals surface area contributed by atoms with E-state index in [1.807, 2.05) is 0 Å². The van der Waals surface area contributed by atoms with Crippen LogP contribution in [0, 0.1) is 0 Å². The summed E-state index contributed by atoms with van der Waals surface area (Å²) in [5, 5.41) is 3.57. The zero-order chi connectivity index (χ0) is 13.9. The molecule has 0 radical (unpaired) electrons. The molecule has 1 heterocycles. The maximum absolute atomic E-state index is 3.57. The van der Waals surface area contributed by atoms with Gasteiger partial charge in [-0.1, -0.05) is 62.4 Å². The molecular formula is C19H23N. The Labute approximate surface area is 122 Å². The average molecular weight is 265 g/mol. The monoisotopic (exact) mass is 265 g/mol. The first-order valence-corrected chi connectivity index (χ1v) is 7.65.